The molecule has 0 radical (unpaired) electrons. The van der Waals surface area contributed by atoms with E-state index in [2.05, 4.69) is 5.32 Å². The number of anilines is 1. The predicted molar refractivity (Wildman–Crippen MR) is 164 cm³/mol. The van der Waals surface area contributed by atoms with Gasteiger partial charge in [0.05, 0.1) is 16.9 Å². The number of carbonyl (C=O) groups excluding carboxylic acids is 2. The zero-order valence-electron chi connectivity index (χ0n) is 23.2. The zero-order valence-corrected chi connectivity index (χ0v) is 25.5. The molecule has 0 aliphatic heterocycles. The van der Waals surface area contributed by atoms with Gasteiger partial charge >= 0.3 is 0 Å². The Balaban J connectivity index is 2.10. The molecule has 0 aromatic heterocycles. The Kier molecular flexibility index (Phi) is 11.7. The van der Waals surface area contributed by atoms with E-state index in [0.29, 0.717) is 12.1 Å². The van der Waals surface area contributed by atoms with Crippen LogP contribution in [0.3, 0.4) is 0 Å². The van der Waals surface area contributed by atoms with Crippen LogP contribution in [0.4, 0.5) is 11.4 Å². The Hall–Kier alpha value is -3.67. The molecule has 1 N–H and O–H groups in total. The Bertz CT molecular complexity index is 1500. The van der Waals surface area contributed by atoms with Gasteiger partial charge in [-0.3, -0.25) is 24.0 Å². The third-order valence-corrected chi connectivity index (χ3v) is 8.35. The standard InChI is InChI=1S/C29H32Cl2N4O6S/c1-3-4-16-32-29(37)27(17-21-10-6-5-7-11-21)33(19-24-25(30)14-9-15-26(24)31)28(36)20-34(42(2,40)41)22-12-8-13-23(18-22)35(38)39/h5-15,18,27H,3-4,16-17,19-20H2,1-2H3,(H,32,37)/t27-/m1/s1. The first-order valence-corrected chi connectivity index (χ1v) is 15.8. The summed E-state index contributed by atoms with van der Waals surface area (Å²) in [7, 11) is -4.09. The Labute approximate surface area is 255 Å². The van der Waals surface area contributed by atoms with Gasteiger partial charge in [0, 0.05) is 47.3 Å². The molecular formula is C29H32Cl2N4O6S. The van der Waals surface area contributed by atoms with Gasteiger partial charge < -0.3 is 10.2 Å². The molecule has 3 rings (SSSR count). The second-order valence-electron chi connectivity index (χ2n) is 9.62. The minimum atomic E-state index is -4.09. The summed E-state index contributed by atoms with van der Waals surface area (Å²) in [4.78, 5) is 39.7. The number of non-ortho nitro benzene ring substituents is 1. The fraction of sp³-hybridized carbons (Fsp3) is 0.310. The molecule has 13 heteroatoms. The highest BCUT2D eigenvalue weighted by atomic mass is 35.5. The van der Waals surface area contributed by atoms with Crippen LogP contribution in [0.5, 0.6) is 0 Å². The van der Waals surface area contributed by atoms with Gasteiger partial charge in [0.2, 0.25) is 21.8 Å². The summed E-state index contributed by atoms with van der Waals surface area (Å²) in [6, 6.07) is 17.9. The number of carbonyl (C=O) groups is 2. The normalized spacial score (nSPS) is 11.9. The van der Waals surface area contributed by atoms with E-state index < -0.39 is 39.3 Å². The molecule has 0 fully saturated rings. The lowest BCUT2D eigenvalue weighted by atomic mass is 10.0. The van der Waals surface area contributed by atoms with Crippen LogP contribution in [-0.2, 0) is 32.6 Å². The van der Waals surface area contributed by atoms with Crippen molar-refractivity contribution in [2.45, 2.75) is 38.8 Å². The lowest BCUT2D eigenvalue weighted by Crippen LogP contribution is -2.53. The maximum atomic E-state index is 14.1. The quantitative estimate of drug-likeness (QED) is 0.147. The van der Waals surface area contributed by atoms with Gasteiger partial charge in [-0.25, -0.2) is 8.42 Å². The molecule has 0 saturated heterocycles. The van der Waals surface area contributed by atoms with Crippen LogP contribution in [0.2, 0.25) is 10.0 Å². The monoisotopic (exact) mass is 634 g/mol. The molecule has 0 spiro atoms. The minimum absolute atomic E-state index is 0.0669. The number of rotatable bonds is 14. The lowest BCUT2D eigenvalue weighted by Gasteiger charge is -2.34. The molecule has 0 bridgehead atoms. The number of nitro benzene ring substituents is 1. The van der Waals surface area contributed by atoms with E-state index in [0.717, 1.165) is 35.0 Å². The van der Waals surface area contributed by atoms with E-state index in [-0.39, 0.29) is 34.4 Å². The van der Waals surface area contributed by atoms with E-state index in [4.69, 9.17) is 23.2 Å². The number of halogens is 2. The highest BCUT2D eigenvalue weighted by Crippen LogP contribution is 2.28. The largest absolute Gasteiger partial charge is 0.354 e. The number of hydrogen-bond donors (Lipinski definition) is 1. The molecule has 0 aliphatic rings. The summed E-state index contributed by atoms with van der Waals surface area (Å²) >= 11 is 12.9. The van der Waals surface area contributed by atoms with Crippen LogP contribution < -0.4 is 9.62 Å². The van der Waals surface area contributed by atoms with Gasteiger partial charge in [-0.1, -0.05) is 79.0 Å². The van der Waals surface area contributed by atoms with Crippen LogP contribution in [0.1, 0.15) is 30.9 Å². The molecule has 224 valence electrons. The van der Waals surface area contributed by atoms with Gasteiger partial charge in [-0.2, -0.15) is 0 Å². The first kappa shape index (κ1) is 32.8. The molecular weight excluding hydrogens is 603 g/mol. The average molecular weight is 636 g/mol. The average Bonchev–Trinajstić information content (AvgIpc) is 2.95. The topological polar surface area (TPSA) is 130 Å². The number of nitrogens with one attached hydrogen (secondary N) is 1. The van der Waals surface area contributed by atoms with Gasteiger partial charge in [0.25, 0.3) is 5.69 Å². The van der Waals surface area contributed by atoms with Crippen LogP contribution in [0, 0.1) is 10.1 Å². The Morgan fingerprint density at radius 1 is 1.00 bits per heavy atom. The minimum Gasteiger partial charge on any atom is -0.354 e. The molecule has 3 aromatic rings. The fourth-order valence-corrected chi connectivity index (χ4v) is 5.65. The predicted octanol–water partition coefficient (Wildman–Crippen LogP) is 5.22. The third kappa shape index (κ3) is 8.91. The number of unbranched alkanes of at least 4 members (excludes halogenated alkanes) is 1. The highest BCUT2D eigenvalue weighted by Gasteiger charge is 2.34. The van der Waals surface area contributed by atoms with Gasteiger partial charge in [0.1, 0.15) is 12.6 Å². The van der Waals surface area contributed by atoms with Gasteiger partial charge in [-0.15, -0.1) is 0 Å². The summed E-state index contributed by atoms with van der Waals surface area (Å²) in [5.41, 5.74) is 0.748. The number of hydrogen-bond acceptors (Lipinski definition) is 6. The molecule has 10 nitrogen and oxygen atoms in total. The molecule has 42 heavy (non-hydrogen) atoms. The van der Waals surface area contributed by atoms with E-state index in [1.54, 1.807) is 18.2 Å². The lowest BCUT2D eigenvalue weighted by molar-refractivity contribution is -0.384. The van der Waals surface area contributed by atoms with Crippen molar-refractivity contribution in [1.82, 2.24) is 10.2 Å². The van der Waals surface area contributed by atoms with Crippen molar-refractivity contribution in [3.63, 3.8) is 0 Å². The van der Waals surface area contributed by atoms with Gasteiger partial charge in [-0.05, 0) is 30.2 Å². The van der Waals surface area contributed by atoms with E-state index >= 15 is 0 Å². The van der Waals surface area contributed by atoms with E-state index in [1.807, 2.05) is 37.3 Å². The number of amides is 2. The summed E-state index contributed by atoms with van der Waals surface area (Å²) in [6.07, 6.45) is 2.59. The number of benzene rings is 3. The molecule has 0 saturated carbocycles. The molecule has 1 atom stereocenters. The second-order valence-corrected chi connectivity index (χ2v) is 12.3. The molecule has 0 aliphatic carbocycles. The van der Waals surface area contributed by atoms with Crippen LogP contribution >= 0.6 is 23.2 Å². The van der Waals surface area contributed by atoms with Crippen molar-refractivity contribution in [2.75, 3.05) is 23.7 Å². The zero-order chi connectivity index (χ0) is 30.9. The van der Waals surface area contributed by atoms with Crippen LogP contribution in [0.15, 0.2) is 72.8 Å². The van der Waals surface area contributed by atoms with Crippen molar-refractivity contribution in [3.05, 3.63) is 104 Å². The Morgan fingerprint density at radius 3 is 2.24 bits per heavy atom. The molecule has 0 heterocycles. The van der Waals surface area contributed by atoms with Gasteiger partial charge in [0.15, 0.2) is 0 Å². The smallest absolute Gasteiger partial charge is 0.271 e. The molecule has 0 unspecified atom stereocenters. The molecule has 3 aromatic carbocycles. The van der Waals surface area contributed by atoms with Crippen molar-refractivity contribution < 1.29 is 22.9 Å². The maximum absolute atomic E-state index is 14.1. The highest BCUT2D eigenvalue weighted by molar-refractivity contribution is 7.92. The van der Waals surface area contributed by atoms with Crippen molar-refractivity contribution in [1.29, 1.82) is 0 Å². The van der Waals surface area contributed by atoms with Crippen molar-refractivity contribution >= 4 is 56.4 Å². The number of nitrogens with zero attached hydrogens (tertiary/aromatic N) is 3. The fourth-order valence-electron chi connectivity index (χ4n) is 4.29. The van der Waals surface area contributed by atoms with Crippen LogP contribution in [0.25, 0.3) is 0 Å². The molecule has 2 amide bonds. The van der Waals surface area contributed by atoms with Crippen LogP contribution in [-0.4, -0.2) is 55.4 Å². The van der Waals surface area contributed by atoms with E-state index in [9.17, 15) is 28.1 Å². The number of nitro groups is 1. The summed E-state index contributed by atoms with van der Waals surface area (Å²) in [5, 5.41) is 14.8. The number of sulfonamides is 1. The van der Waals surface area contributed by atoms with E-state index in [1.165, 1.54) is 23.1 Å². The summed E-state index contributed by atoms with van der Waals surface area (Å²) in [5.74, 6) is -1.15. The third-order valence-electron chi connectivity index (χ3n) is 6.50. The Morgan fingerprint density at radius 2 is 1.64 bits per heavy atom. The first-order valence-electron chi connectivity index (χ1n) is 13.2. The summed E-state index contributed by atoms with van der Waals surface area (Å²) in [6.45, 7) is 1.45. The SMILES string of the molecule is CCCCNC(=O)[C@@H](Cc1ccccc1)N(Cc1c(Cl)cccc1Cl)C(=O)CN(c1cccc([N+](=O)[O-])c1)S(C)(=O)=O. The second kappa shape index (κ2) is 15.0. The maximum Gasteiger partial charge on any atom is 0.271 e. The van der Waals surface area contributed by atoms with Crippen molar-refractivity contribution in [3.8, 4) is 0 Å². The summed E-state index contributed by atoms with van der Waals surface area (Å²) < 4.78 is 26.5. The first-order chi connectivity index (χ1) is 19.9. The van der Waals surface area contributed by atoms with Crippen molar-refractivity contribution in [2.24, 2.45) is 0 Å².